The molecule has 0 bridgehead atoms. The second-order valence-corrected chi connectivity index (χ2v) is 4.62. The molecule has 2 rings (SSSR count). The molecule has 1 aromatic carbocycles. The monoisotopic (exact) mass is 241 g/mol. The van der Waals surface area contributed by atoms with Crippen molar-refractivity contribution in [1.29, 1.82) is 0 Å². The summed E-state index contributed by atoms with van der Waals surface area (Å²) >= 11 is 0. The molecule has 0 radical (unpaired) electrons. The van der Waals surface area contributed by atoms with Gasteiger partial charge in [0.1, 0.15) is 0 Å². The second kappa shape index (κ2) is 5.67. The predicted molar refractivity (Wildman–Crippen MR) is 74.1 cm³/mol. The normalized spacial score (nSPS) is 20.9. The van der Waals surface area contributed by atoms with Gasteiger partial charge < -0.3 is 5.32 Å². The van der Waals surface area contributed by atoms with Crippen LogP contribution < -0.4 is 5.32 Å². The Kier molecular flexibility index (Phi) is 3.98. The van der Waals surface area contributed by atoms with Gasteiger partial charge in [-0.25, -0.2) is 0 Å². The van der Waals surface area contributed by atoms with E-state index in [1.165, 1.54) is 5.57 Å². The maximum absolute atomic E-state index is 11.9. The lowest BCUT2D eigenvalue weighted by Crippen LogP contribution is -2.21. The SMILES string of the molecule is CC/C=C/C1C/C1=C(/C)NC(=O)c1ccccc1. The molecule has 0 aromatic heterocycles. The van der Waals surface area contributed by atoms with Crippen molar-refractivity contribution in [3.63, 3.8) is 0 Å². The van der Waals surface area contributed by atoms with E-state index in [0.717, 1.165) is 18.5 Å². The molecule has 0 heterocycles. The van der Waals surface area contributed by atoms with Gasteiger partial charge in [-0.1, -0.05) is 37.3 Å². The minimum atomic E-state index is -0.0225. The Morgan fingerprint density at radius 3 is 2.78 bits per heavy atom. The van der Waals surface area contributed by atoms with Gasteiger partial charge in [0.2, 0.25) is 0 Å². The molecule has 18 heavy (non-hydrogen) atoms. The van der Waals surface area contributed by atoms with Gasteiger partial charge in [-0.3, -0.25) is 4.79 Å². The molecule has 1 unspecified atom stereocenters. The number of nitrogens with one attached hydrogen (secondary N) is 1. The predicted octanol–water partition coefficient (Wildman–Crippen LogP) is 3.68. The molecule has 1 aromatic rings. The van der Waals surface area contributed by atoms with Crippen LogP contribution >= 0.6 is 0 Å². The van der Waals surface area contributed by atoms with E-state index in [1.54, 1.807) is 0 Å². The Morgan fingerprint density at radius 2 is 2.11 bits per heavy atom. The molecule has 1 saturated carbocycles. The summed E-state index contributed by atoms with van der Waals surface area (Å²) in [5.41, 5.74) is 3.07. The van der Waals surface area contributed by atoms with Crippen LogP contribution in [0, 0.1) is 5.92 Å². The number of carbonyl (C=O) groups is 1. The smallest absolute Gasteiger partial charge is 0.255 e. The van der Waals surface area contributed by atoms with E-state index in [-0.39, 0.29) is 5.91 Å². The average molecular weight is 241 g/mol. The lowest BCUT2D eigenvalue weighted by atomic mass is 10.2. The van der Waals surface area contributed by atoms with Gasteiger partial charge in [-0.2, -0.15) is 0 Å². The Balaban J connectivity index is 1.97. The fraction of sp³-hybridized carbons (Fsp3) is 0.312. The van der Waals surface area contributed by atoms with E-state index in [2.05, 4.69) is 24.4 Å². The topological polar surface area (TPSA) is 29.1 Å². The highest BCUT2D eigenvalue weighted by molar-refractivity contribution is 5.95. The van der Waals surface area contributed by atoms with Gasteiger partial charge in [0.25, 0.3) is 5.91 Å². The highest BCUT2D eigenvalue weighted by Crippen LogP contribution is 2.40. The van der Waals surface area contributed by atoms with E-state index in [0.29, 0.717) is 11.5 Å². The Labute approximate surface area is 108 Å². The van der Waals surface area contributed by atoms with Gasteiger partial charge in [-0.05, 0) is 37.5 Å². The van der Waals surface area contributed by atoms with Gasteiger partial charge in [0.05, 0.1) is 0 Å². The summed E-state index contributed by atoms with van der Waals surface area (Å²) in [6.07, 6.45) is 6.56. The summed E-state index contributed by atoms with van der Waals surface area (Å²) in [5.74, 6) is 0.520. The first-order valence-electron chi connectivity index (χ1n) is 6.45. The molecule has 0 spiro atoms. The minimum Gasteiger partial charge on any atom is -0.326 e. The van der Waals surface area contributed by atoms with Crippen LogP contribution in [0.2, 0.25) is 0 Å². The molecule has 1 N–H and O–H groups in total. The molecule has 2 nitrogen and oxygen atoms in total. The second-order valence-electron chi connectivity index (χ2n) is 4.62. The van der Waals surface area contributed by atoms with Crippen molar-refractivity contribution >= 4 is 5.91 Å². The van der Waals surface area contributed by atoms with Crippen molar-refractivity contribution in [3.8, 4) is 0 Å². The summed E-state index contributed by atoms with van der Waals surface area (Å²) in [4.78, 5) is 11.9. The van der Waals surface area contributed by atoms with E-state index in [1.807, 2.05) is 37.3 Å². The zero-order chi connectivity index (χ0) is 13.0. The van der Waals surface area contributed by atoms with Crippen LogP contribution in [0.25, 0.3) is 0 Å². The Morgan fingerprint density at radius 1 is 1.39 bits per heavy atom. The average Bonchev–Trinajstić information content (AvgIpc) is 3.17. The maximum atomic E-state index is 11.9. The van der Waals surface area contributed by atoms with Crippen LogP contribution in [0.15, 0.2) is 53.8 Å². The first-order chi connectivity index (χ1) is 8.72. The zero-order valence-corrected chi connectivity index (χ0v) is 10.9. The maximum Gasteiger partial charge on any atom is 0.255 e. The number of rotatable bonds is 4. The van der Waals surface area contributed by atoms with Crippen LogP contribution in [-0.4, -0.2) is 5.91 Å². The van der Waals surface area contributed by atoms with Crippen LogP contribution in [0.1, 0.15) is 37.0 Å². The van der Waals surface area contributed by atoms with E-state index in [4.69, 9.17) is 0 Å². The third kappa shape index (κ3) is 3.10. The molecular formula is C16H19NO. The van der Waals surface area contributed by atoms with E-state index in [9.17, 15) is 4.79 Å². The number of allylic oxidation sites excluding steroid dienone is 4. The third-order valence-corrected chi connectivity index (χ3v) is 3.15. The van der Waals surface area contributed by atoms with Crippen molar-refractivity contribution in [1.82, 2.24) is 5.32 Å². The zero-order valence-electron chi connectivity index (χ0n) is 10.9. The molecule has 0 aliphatic heterocycles. The lowest BCUT2D eigenvalue weighted by Gasteiger charge is -2.04. The van der Waals surface area contributed by atoms with Crippen molar-refractivity contribution < 1.29 is 4.79 Å². The van der Waals surface area contributed by atoms with Crippen molar-refractivity contribution in [2.75, 3.05) is 0 Å². The molecular weight excluding hydrogens is 222 g/mol. The van der Waals surface area contributed by atoms with Crippen molar-refractivity contribution in [2.24, 2.45) is 5.92 Å². The molecule has 1 fully saturated rings. The van der Waals surface area contributed by atoms with Crippen molar-refractivity contribution in [2.45, 2.75) is 26.7 Å². The van der Waals surface area contributed by atoms with Gasteiger partial charge in [0.15, 0.2) is 0 Å². The van der Waals surface area contributed by atoms with Gasteiger partial charge in [0, 0.05) is 17.2 Å². The fourth-order valence-corrected chi connectivity index (χ4v) is 2.01. The first-order valence-corrected chi connectivity index (χ1v) is 6.45. The fourth-order valence-electron chi connectivity index (χ4n) is 2.01. The molecule has 94 valence electrons. The molecule has 0 saturated heterocycles. The quantitative estimate of drug-likeness (QED) is 0.800. The molecule has 2 heteroatoms. The standard InChI is InChI=1S/C16H19NO/c1-3-4-8-14-11-15(14)12(2)17-16(18)13-9-6-5-7-10-13/h4-10,14H,3,11H2,1-2H3,(H,17,18)/b8-4+,15-12+. The third-order valence-electron chi connectivity index (χ3n) is 3.15. The van der Waals surface area contributed by atoms with Gasteiger partial charge >= 0.3 is 0 Å². The first kappa shape index (κ1) is 12.6. The Hall–Kier alpha value is -1.83. The van der Waals surface area contributed by atoms with Crippen molar-refractivity contribution in [3.05, 3.63) is 59.3 Å². The van der Waals surface area contributed by atoms with Crippen LogP contribution in [0.4, 0.5) is 0 Å². The lowest BCUT2D eigenvalue weighted by molar-refractivity contribution is 0.0965. The van der Waals surface area contributed by atoms with Crippen LogP contribution in [0.3, 0.4) is 0 Å². The summed E-state index contributed by atoms with van der Waals surface area (Å²) < 4.78 is 0. The molecule has 1 amide bonds. The number of benzene rings is 1. The highest BCUT2D eigenvalue weighted by atomic mass is 16.1. The van der Waals surface area contributed by atoms with E-state index >= 15 is 0 Å². The van der Waals surface area contributed by atoms with Gasteiger partial charge in [-0.15, -0.1) is 0 Å². The van der Waals surface area contributed by atoms with E-state index < -0.39 is 0 Å². The van der Waals surface area contributed by atoms with Crippen LogP contribution in [-0.2, 0) is 0 Å². The summed E-state index contributed by atoms with van der Waals surface area (Å²) in [7, 11) is 0. The highest BCUT2D eigenvalue weighted by Gasteiger charge is 2.29. The summed E-state index contributed by atoms with van der Waals surface area (Å²) in [6, 6.07) is 9.32. The number of amides is 1. The molecule has 1 aliphatic rings. The largest absolute Gasteiger partial charge is 0.326 e. The molecule has 1 aliphatic carbocycles. The summed E-state index contributed by atoms with van der Waals surface area (Å²) in [6.45, 7) is 4.11. The summed E-state index contributed by atoms with van der Waals surface area (Å²) in [5, 5.41) is 2.97. The Bertz CT molecular complexity index is 485. The number of carbonyl (C=O) groups excluding carboxylic acids is 1. The minimum absolute atomic E-state index is 0.0225. The number of hydrogen-bond acceptors (Lipinski definition) is 1. The number of hydrogen-bond donors (Lipinski definition) is 1. The molecule has 1 atom stereocenters. The van der Waals surface area contributed by atoms with Crippen LogP contribution in [0.5, 0.6) is 0 Å².